The summed E-state index contributed by atoms with van der Waals surface area (Å²) in [6.45, 7) is 2.29. The Balaban J connectivity index is 2.34. The van der Waals surface area contributed by atoms with E-state index in [2.05, 4.69) is 5.32 Å². The van der Waals surface area contributed by atoms with Crippen LogP contribution in [0.4, 0.5) is 0 Å². The summed E-state index contributed by atoms with van der Waals surface area (Å²) in [6, 6.07) is 6.79. The monoisotopic (exact) mass is 335 g/mol. The van der Waals surface area contributed by atoms with Gasteiger partial charge in [0.25, 0.3) is 5.91 Å². The first-order valence-electron chi connectivity index (χ1n) is 7.28. The van der Waals surface area contributed by atoms with Crippen molar-refractivity contribution >= 4 is 23.5 Å². The third-order valence-electron chi connectivity index (χ3n) is 3.40. The zero-order valence-corrected chi connectivity index (χ0v) is 13.8. The minimum absolute atomic E-state index is 0.260. The molecule has 0 atom stereocenters. The average molecular weight is 336 g/mol. The Kier molecular flexibility index (Phi) is 5.82. The van der Waals surface area contributed by atoms with Gasteiger partial charge in [-0.2, -0.15) is 0 Å². The summed E-state index contributed by atoms with van der Waals surface area (Å²) in [6.07, 6.45) is 2.77. The molecule has 1 amide bonds. The fourth-order valence-corrected chi connectivity index (χ4v) is 2.54. The van der Waals surface area contributed by atoms with Gasteiger partial charge >= 0.3 is 5.97 Å². The van der Waals surface area contributed by atoms with Crippen LogP contribution in [-0.4, -0.2) is 25.5 Å². The van der Waals surface area contributed by atoms with Crippen molar-refractivity contribution in [2.75, 3.05) is 13.7 Å². The molecule has 122 valence electrons. The number of nitrogens with one attached hydrogen (secondary N) is 1. The third kappa shape index (κ3) is 4.13. The van der Waals surface area contributed by atoms with Crippen molar-refractivity contribution < 1.29 is 18.7 Å². The summed E-state index contributed by atoms with van der Waals surface area (Å²) < 4.78 is 10.1. The maximum Gasteiger partial charge on any atom is 0.338 e. The van der Waals surface area contributed by atoms with Gasteiger partial charge in [-0.25, -0.2) is 4.79 Å². The van der Waals surface area contributed by atoms with Crippen molar-refractivity contribution in [3.8, 4) is 0 Å². The first-order valence-corrected chi connectivity index (χ1v) is 7.66. The first kappa shape index (κ1) is 17.1. The molecule has 0 spiro atoms. The van der Waals surface area contributed by atoms with Crippen LogP contribution in [0, 0.1) is 0 Å². The summed E-state index contributed by atoms with van der Waals surface area (Å²) >= 11 is 6.20. The van der Waals surface area contributed by atoms with E-state index in [-0.39, 0.29) is 11.5 Å². The minimum Gasteiger partial charge on any atom is -0.469 e. The maximum atomic E-state index is 12.0. The molecule has 6 heteroatoms. The molecule has 1 aromatic carbocycles. The van der Waals surface area contributed by atoms with Crippen LogP contribution in [0.15, 0.2) is 34.9 Å². The van der Waals surface area contributed by atoms with Gasteiger partial charge in [-0.15, -0.1) is 0 Å². The number of hydrogen-bond acceptors (Lipinski definition) is 4. The Morgan fingerprint density at radius 1 is 1.26 bits per heavy atom. The average Bonchev–Trinajstić information content (AvgIpc) is 3.05. The lowest BCUT2D eigenvalue weighted by Crippen LogP contribution is -2.23. The van der Waals surface area contributed by atoms with E-state index in [0.29, 0.717) is 35.5 Å². The molecule has 0 aliphatic carbocycles. The van der Waals surface area contributed by atoms with Gasteiger partial charge in [0.2, 0.25) is 0 Å². The highest BCUT2D eigenvalue weighted by molar-refractivity contribution is 6.34. The van der Waals surface area contributed by atoms with E-state index in [1.54, 1.807) is 12.3 Å². The van der Waals surface area contributed by atoms with Gasteiger partial charge in [0.1, 0.15) is 5.76 Å². The Hall–Kier alpha value is -2.27. The van der Waals surface area contributed by atoms with Gasteiger partial charge in [0, 0.05) is 13.0 Å². The Labute approximate surface area is 139 Å². The number of benzene rings is 1. The summed E-state index contributed by atoms with van der Waals surface area (Å²) in [7, 11) is 1.30. The van der Waals surface area contributed by atoms with Crippen LogP contribution < -0.4 is 5.32 Å². The highest BCUT2D eigenvalue weighted by atomic mass is 35.5. The lowest BCUT2D eigenvalue weighted by molar-refractivity contribution is 0.0599. The topological polar surface area (TPSA) is 68.5 Å². The molecule has 0 aliphatic heterocycles. The zero-order chi connectivity index (χ0) is 16.8. The molecule has 1 heterocycles. The van der Waals surface area contributed by atoms with Crippen molar-refractivity contribution in [3.63, 3.8) is 0 Å². The molecule has 0 saturated heterocycles. The highest BCUT2D eigenvalue weighted by Gasteiger charge is 2.19. The standard InChI is InChI=1S/C17H18ClNO4/c1-3-19-16(20)14-10-13(17(21)22-2)11(9-15(14)18)6-7-12-5-4-8-23-12/h4-5,8-10H,3,6-7H2,1-2H3,(H,19,20). The normalized spacial score (nSPS) is 10.4. The molecule has 0 radical (unpaired) electrons. The van der Waals surface area contributed by atoms with E-state index in [1.165, 1.54) is 13.2 Å². The summed E-state index contributed by atoms with van der Waals surface area (Å²) in [5.41, 5.74) is 1.31. The third-order valence-corrected chi connectivity index (χ3v) is 3.71. The van der Waals surface area contributed by atoms with E-state index in [4.69, 9.17) is 20.8 Å². The number of carbonyl (C=O) groups excluding carboxylic acids is 2. The van der Waals surface area contributed by atoms with E-state index < -0.39 is 5.97 Å². The molecule has 0 saturated carbocycles. The van der Waals surface area contributed by atoms with Crippen LogP contribution in [0.2, 0.25) is 5.02 Å². The van der Waals surface area contributed by atoms with Crippen molar-refractivity contribution in [2.24, 2.45) is 0 Å². The fraction of sp³-hybridized carbons (Fsp3) is 0.294. The van der Waals surface area contributed by atoms with Crippen LogP contribution in [0.5, 0.6) is 0 Å². The number of aryl methyl sites for hydroxylation is 2. The van der Waals surface area contributed by atoms with Crippen molar-refractivity contribution in [1.29, 1.82) is 0 Å². The van der Waals surface area contributed by atoms with Gasteiger partial charge in [-0.3, -0.25) is 4.79 Å². The Bertz CT molecular complexity index is 695. The molecule has 2 rings (SSSR count). The first-order chi connectivity index (χ1) is 11.1. The zero-order valence-electron chi connectivity index (χ0n) is 13.0. The quantitative estimate of drug-likeness (QED) is 0.823. The van der Waals surface area contributed by atoms with Crippen LogP contribution >= 0.6 is 11.6 Å². The lowest BCUT2D eigenvalue weighted by atomic mass is 9.99. The van der Waals surface area contributed by atoms with E-state index >= 15 is 0 Å². The Morgan fingerprint density at radius 2 is 2.04 bits per heavy atom. The summed E-state index contributed by atoms with van der Waals surface area (Å²) in [4.78, 5) is 24.0. The van der Waals surface area contributed by atoms with Gasteiger partial charge in [0.05, 0.1) is 29.5 Å². The molecule has 0 fully saturated rings. The number of furan rings is 1. The number of methoxy groups -OCH3 is 1. The smallest absolute Gasteiger partial charge is 0.338 e. The van der Waals surface area contributed by atoms with Gasteiger partial charge in [-0.05, 0) is 43.2 Å². The molecule has 1 aromatic heterocycles. The number of carbonyl (C=O) groups is 2. The van der Waals surface area contributed by atoms with Gasteiger partial charge in [-0.1, -0.05) is 11.6 Å². The molecular formula is C17H18ClNO4. The maximum absolute atomic E-state index is 12.0. The number of ether oxygens (including phenoxy) is 1. The predicted molar refractivity (Wildman–Crippen MR) is 86.9 cm³/mol. The highest BCUT2D eigenvalue weighted by Crippen LogP contribution is 2.24. The number of amides is 1. The second-order valence-electron chi connectivity index (χ2n) is 4.92. The summed E-state index contributed by atoms with van der Waals surface area (Å²) in [5.74, 6) is -0.00774. The van der Waals surface area contributed by atoms with Crippen LogP contribution in [-0.2, 0) is 17.6 Å². The van der Waals surface area contributed by atoms with E-state index in [1.807, 2.05) is 19.1 Å². The van der Waals surface area contributed by atoms with Crippen LogP contribution in [0.25, 0.3) is 0 Å². The summed E-state index contributed by atoms with van der Waals surface area (Å²) in [5, 5.41) is 2.97. The molecule has 0 aliphatic rings. The number of esters is 1. The fourth-order valence-electron chi connectivity index (χ4n) is 2.26. The molecule has 5 nitrogen and oxygen atoms in total. The Morgan fingerprint density at radius 3 is 2.65 bits per heavy atom. The predicted octanol–water partition coefficient (Wildman–Crippen LogP) is 3.25. The van der Waals surface area contributed by atoms with Crippen molar-refractivity contribution in [1.82, 2.24) is 5.32 Å². The van der Waals surface area contributed by atoms with Gasteiger partial charge in [0.15, 0.2) is 0 Å². The number of hydrogen-bond donors (Lipinski definition) is 1. The second-order valence-corrected chi connectivity index (χ2v) is 5.33. The minimum atomic E-state index is -0.498. The van der Waals surface area contributed by atoms with Crippen LogP contribution in [0.3, 0.4) is 0 Å². The van der Waals surface area contributed by atoms with Crippen molar-refractivity contribution in [2.45, 2.75) is 19.8 Å². The lowest BCUT2D eigenvalue weighted by Gasteiger charge is -2.12. The molecule has 2 aromatic rings. The second kappa shape index (κ2) is 7.83. The van der Waals surface area contributed by atoms with Gasteiger partial charge < -0.3 is 14.5 Å². The largest absolute Gasteiger partial charge is 0.469 e. The molecule has 0 unspecified atom stereocenters. The number of rotatable bonds is 6. The molecule has 0 bridgehead atoms. The SMILES string of the molecule is CCNC(=O)c1cc(C(=O)OC)c(CCc2ccco2)cc1Cl. The molecular weight excluding hydrogens is 318 g/mol. The molecule has 1 N–H and O–H groups in total. The van der Waals surface area contributed by atoms with E-state index in [9.17, 15) is 9.59 Å². The van der Waals surface area contributed by atoms with Crippen LogP contribution in [0.1, 0.15) is 39.0 Å². The van der Waals surface area contributed by atoms with E-state index in [0.717, 1.165) is 5.76 Å². The number of halogens is 1. The molecule has 23 heavy (non-hydrogen) atoms. The van der Waals surface area contributed by atoms with Crippen molar-refractivity contribution in [3.05, 3.63) is 58.0 Å².